The average Bonchev–Trinajstić information content (AvgIpc) is 3.83. The number of hydrogen-bond acceptors (Lipinski definition) is 6. The van der Waals surface area contributed by atoms with Gasteiger partial charge in [0, 0.05) is 22.5 Å². The van der Waals surface area contributed by atoms with E-state index in [0.717, 1.165) is 43.7 Å². The number of nitrogens with one attached hydrogen (secondary N) is 1. The Kier molecular flexibility index (Phi) is 10.0. The molecule has 3 aliphatic rings. The van der Waals surface area contributed by atoms with Crippen LogP contribution in [0, 0.1) is 5.92 Å². The number of halogens is 1. The van der Waals surface area contributed by atoms with Gasteiger partial charge in [-0.2, -0.15) is 0 Å². The van der Waals surface area contributed by atoms with Crippen molar-refractivity contribution in [3.63, 3.8) is 0 Å². The number of ether oxygens (including phenoxy) is 2. The fourth-order valence-corrected chi connectivity index (χ4v) is 14.6. The molecule has 2 amide bonds. The molecule has 10 nitrogen and oxygen atoms in total. The van der Waals surface area contributed by atoms with Gasteiger partial charge in [-0.05, 0) is 83.2 Å². The number of benzene rings is 5. The van der Waals surface area contributed by atoms with Crippen LogP contribution in [0.25, 0.3) is 16.6 Å². The zero-order chi connectivity index (χ0) is 41.2. The molecule has 1 fully saturated rings. The van der Waals surface area contributed by atoms with Gasteiger partial charge in [0.15, 0.2) is 5.60 Å². The maximum Gasteiger partial charge on any atom is 0.279 e. The lowest BCUT2D eigenvalue weighted by molar-refractivity contribution is -0.151. The first-order chi connectivity index (χ1) is 28.4. The molecular weight excluding hydrogens is 825 g/mol. The third-order valence-corrected chi connectivity index (χ3v) is 18.0. The molecule has 59 heavy (non-hydrogen) atoms. The Labute approximate surface area is 352 Å². The second-order valence-corrected chi connectivity index (χ2v) is 22.3. The number of aromatic amines is 1. The Morgan fingerprint density at radius 3 is 2.44 bits per heavy atom. The summed E-state index contributed by atoms with van der Waals surface area (Å²) in [5, 5.41) is 15.5. The van der Waals surface area contributed by atoms with Gasteiger partial charge in [-0.15, -0.1) is 0 Å². The number of aliphatic hydroxyl groups excluding tert-OH is 1. The van der Waals surface area contributed by atoms with Crippen molar-refractivity contribution in [3.8, 4) is 11.4 Å². The van der Waals surface area contributed by atoms with E-state index in [9.17, 15) is 14.7 Å². The van der Waals surface area contributed by atoms with Gasteiger partial charge >= 0.3 is 0 Å². The second kappa shape index (κ2) is 15.1. The number of H-pyrrole nitrogens is 1. The summed E-state index contributed by atoms with van der Waals surface area (Å²) in [4.78, 5) is 47.1. The summed E-state index contributed by atoms with van der Waals surface area (Å²) >= 11 is 3.71. The quantitative estimate of drug-likeness (QED) is 0.149. The Morgan fingerprint density at radius 1 is 0.949 bits per heavy atom. The van der Waals surface area contributed by atoms with E-state index in [1.165, 1.54) is 9.87 Å². The summed E-state index contributed by atoms with van der Waals surface area (Å²) in [5.74, 6) is 0.169. The highest BCUT2D eigenvalue weighted by molar-refractivity contribution is 9.10. The molecule has 0 aliphatic carbocycles. The van der Waals surface area contributed by atoms with E-state index in [-0.39, 0.29) is 54.4 Å². The SMILES string of the molecule is COc1ccc([Si](C)(C)[C@@H]2[C@@H](CC(=O)N3Cc4ccccc4C[C@H]3CO)O[C@]3(C(=O)N(Cc4cccc(-n5[nH]c6ccccc6c5=O)c4)c4ccc(Br)cc43)[C@H]2C)cc1. The highest BCUT2D eigenvalue weighted by Gasteiger charge is 2.66. The molecule has 5 aromatic carbocycles. The molecule has 1 aromatic heterocycles. The number of carbonyl (C=O) groups is 2. The Hall–Kier alpha value is -5.27. The van der Waals surface area contributed by atoms with Crippen LogP contribution in [0.2, 0.25) is 18.6 Å². The molecule has 6 aromatic rings. The maximum atomic E-state index is 15.5. The Bertz CT molecular complexity index is 2660. The minimum absolute atomic E-state index is 0.0694. The molecule has 0 radical (unpaired) electrons. The Morgan fingerprint density at radius 2 is 1.69 bits per heavy atom. The van der Waals surface area contributed by atoms with Gasteiger partial charge in [-0.1, -0.05) is 102 Å². The zero-order valence-corrected chi connectivity index (χ0v) is 36.1. The van der Waals surface area contributed by atoms with Crippen LogP contribution in [0.4, 0.5) is 5.69 Å². The molecule has 3 aliphatic heterocycles. The van der Waals surface area contributed by atoms with Crippen LogP contribution in [0.5, 0.6) is 5.75 Å². The number of rotatable bonds is 9. The normalized spacial score (nSPS) is 22.6. The summed E-state index contributed by atoms with van der Waals surface area (Å²) in [7, 11) is -0.893. The van der Waals surface area contributed by atoms with Crippen LogP contribution < -0.4 is 20.4 Å². The molecular formula is C47H47BrN4O6Si. The smallest absolute Gasteiger partial charge is 0.279 e. The molecule has 0 saturated carbocycles. The summed E-state index contributed by atoms with van der Waals surface area (Å²) in [6.07, 6.45) is 0.0516. The molecule has 0 bridgehead atoms. The van der Waals surface area contributed by atoms with Gasteiger partial charge in [-0.25, -0.2) is 4.68 Å². The third-order valence-electron chi connectivity index (χ3n) is 13.2. The van der Waals surface area contributed by atoms with Crippen molar-refractivity contribution in [2.24, 2.45) is 5.92 Å². The van der Waals surface area contributed by atoms with Crippen molar-refractivity contribution in [1.29, 1.82) is 0 Å². The first-order valence-corrected chi connectivity index (χ1v) is 24.0. The van der Waals surface area contributed by atoms with Crippen LogP contribution >= 0.6 is 15.9 Å². The van der Waals surface area contributed by atoms with Crippen molar-refractivity contribution < 1.29 is 24.2 Å². The van der Waals surface area contributed by atoms with Crippen molar-refractivity contribution in [1.82, 2.24) is 14.7 Å². The van der Waals surface area contributed by atoms with Crippen LogP contribution in [-0.2, 0) is 39.4 Å². The van der Waals surface area contributed by atoms with Crippen LogP contribution in [0.15, 0.2) is 125 Å². The molecule has 2 N–H and O–H groups in total. The van der Waals surface area contributed by atoms with E-state index in [1.807, 2.05) is 91.0 Å². The summed E-state index contributed by atoms with van der Waals surface area (Å²) in [6, 6.07) is 36.9. The molecule has 0 unspecified atom stereocenters. The van der Waals surface area contributed by atoms with E-state index in [2.05, 4.69) is 59.2 Å². The molecule has 4 heterocycles. The molecule has 1 spiro atoms. The minimum atomic E-state index is -2.55. The fraction of sp³-hybridized carbons (Fsp3) is 0.298. The van der Waals surface area contributed by atoms with Gasteiger partial charge in [0.2, 0.25) is 5.91 Å². The van der Waals surface area contributed by atoms with Crippen molar-refractivity contribution >= 4 is 57.6 Å². The zero-order valence-electron chi connectivity index (χ0n) is 33.5. The number of amides is 2. The van der Waals surface area contributed by atoms with Gasteiger partial charge < -0.3 is 24.4 Å². The minimum Gasteiger partial charge on any atom is -0.497 e. The maximum absolute atomic E-state index is 15.5. The summed E-state index contributed by atoms with van der Waals surface area (Å²) in [5.41, 5.74) is 4.31. The molecule has 12 heteroatoms. The Balaban J connectivity index is 1.10. The number of carbonyl (C=O) groups excluding carboxylic acids is 2. The van der Waals surface area contributed by atoms with Gasteiger partial charge in [0.1, 0.15) is 5.75 Å². The lowest BCUT2D eigenvalue weighted by Crippen LogP contribution is -2.52. The molecule has 9 rings (SSSR count). The van der Waals surface area contributed by atoms with Crippen LogP contribution in [0.1, 0.15) is 35.6 Å². The summed E-state index contributed by atoms with van der Waals surface area (Å²) < 4.78 is 15.2. The van der Waals surface area contributed by atoms with Gasteiger partial charge in [0.25, 0.3) is 11.5 Å². The predicted octanol–water partition coefficient (Wildman–Crippen LogP) is 7.19. The molecule has 5 atom stereocenters. The largest absolute Gasteiger partial charge is 0.497 e. The van der Waals surface area contributed by atoms with Crippen molar-refractivity contribution in [2.45, 2.75) is 69.2 Å². The fourth-order valence-electron chi connectivity index (χ4n) is 10.2. The van der Waals surface area contributed by atoms with E-state index in [4.69, 9.17) is 9.47 Å². The topological polar surface area (TPSA) is 117 Å². The lowest BCUT2D eigenvalue weighted by Gasteiger charge is -2.39. The number of nitrogens with zero attached hydrogens (tertiary/aromatic N) is 3. The van der Waals surface area contributed by atoms with Crippen LogP contribution in [-0.4, -0.2) is 65.5 Å². The molecule has 1 saturated heterocycles. The number of fused-ring (bicyclic) bond motifs is 4. The predicted molar refractivity (Wildman–Crippen MR) is 235 cm³/mol. The average molecular weight is 872 g/mol. The number of aliphatic hydroxyl groups is 1. The number of aromatic nitrogens is 2. The molecule has 302 valence electrons. The first-order valence-electron chi connectivity index (χ1n) is 20.1. The first kappa shape index (κ1) is 39.2. The number of para-hydroxylation sites is 1. The van der Waals surface area contributed by atoms with Crippen molar-refractivity contribution in [3.05, 3.63) is 152 Å². The van der Waals surface area contributed by atoms with Crippen molar-refractivity contribution in [2.75, 3.05) is 18.6 Å². The van der Waals surface area contributed by atoms with E-state index in [1.54, 1.807) is 23.0 Å². The standard InChI is InChI=1S/C47H47BrN4O6Si/c1-29-44(59(3,4)37-19-17-36(57-2)18-20-37)42(25-43(54)50-27-32-12-6-5-11-31(32)23-35(50)28-53)58-47(29)39-24-33(48)16-21-41(39)51(46(47)56)26-30-10-9-13-34(22-30)52-45(55)38-14-7-8-15-40(38)49-52/h5-22,24,29,35,42,44,49,53H,23,25-28H2,1-4H3/t29-,35-,42+,44-,47+/m0/s1. The van der Waals surface area contributed by atoms with E-state index in [0.29, 0.717) is 24.0 Å². The van der Waals surface area contributed by atoms with Gasteiger partial charge in [-0.3, -0.25) is 19.5 Å². The second-order valence-electron chi connectivity index (χ2n) is 16.7. The van der Waals surface area contributed by atoms with E-state index >= 15 is 4.79 Å². The van der Waals surface area contributed by atoms with Gasteiger partial charge in [0.05, 0.1) is 69.2 Å². The number of anilines is 1. The monoisotopic (exact) mass is 870 g/mol. The number of hydrogen-bond donors (Lipinski definition) is 2. The third kappa shape index (κ3) is 6.48. The number of methoxy groups -OCH3 is 1. The van der Waals surface area contributed by atoms with E-state index < -0.39 is 19.8 Å². The summed E-state index contributed by atoms with van der Waals surface area (Å²) in [6.45, 7) is 7.24. The highest BCUT2D eigenvalue weighted by atomic mass is 79.9. The van der Waals surface area contributed by atoms with Crippen LogP contribution in [0.3, 0.4) is 0 Å². The lowest BCUT2D eigenvalue weighted by atomic mass is 9.82. The highest BCUT2D eigenvalue weighted by Crippen LogP contribution is 2.60.